The van der Waals surface area contributed by atoms with Crippen molar-refractivity contribution in [1.82, 2.24) is 4.98 Å². The maximum absolute atomic E-state index is 12.5. The van der Waals surface area contributed by atoms with Crippen molar-refractivity contribution in [3.63, 3.8) is 0 Å². The van der Waals surface area contributed by atoms with Crippen LogP contribution >= 0.6 is 0 Å². The normalized spacial score (nSPS) is 11.4. The zero-order valence-electron chi connectivity index (χ0n) is 10.7. The Morgan fingerprint density at radius 3 is 2.68 bits per heavy atom. The number of aliphatic hydroxyl groups excluding tert-OH is 1. The van der Waals surface area contributed by atoms with Crippen LogP contribution < -0.4 is 10.2 Å². The first-order chi connectivity index (χ1) is 8.96. The summed E-state index contributed by atoms with van der Waals surface area (Å²) in [5.74, 6) is 0. The molecule has 0 fully saturated rings. The minimum absolute atomic E-state index is 0.0849. The number of hydrogen-bond donors (Lipinski definition) is 2. The minimum atomic E-state index is -4.32. The van der Waals surface area contributed by atoms with Gasteiger partial charge in [-0.05, 0) is 12.5 Å². The Labute approximate surface area is 110 Å². The Bertz CT molecular complexity index is 385. The lowest BCUT2D eigenvalue weighted by molar-refractivity contribution is -0.119. The number of rotatable bonds is 7. The fraction of sp³-hybridized carbons (Fsp3) is 0.583. The first kappa shape index (κ1) is 15.6. The molecule has 0 aliphatic rings. The molecule has 1 aromatic rings. The maximum Gasteiger partial charge on any atom is 0.405 e. The number of pyridine rings is 1. The lowest BCUT2D eigenvalue weighted by atomic mass is 10.3. The minimum Gasteiger partial charge on any atom is -0.395 e. The second-order valence-corrected chi connectivity index (χ2v) is 4.12. The van der Waals surface area contributed by atoms with E-state index in [1.54, 1.807) is 12.3 Å². The van der Waals surface area contributed by atoms with Crippen LogP contribution in [0.3, 0.4) is 0 Å². The molecule has 0 aliphatic heterocycles. The van der Waals surface area contributed by atoms with Gasteiger partial charge in [-0.1, -0.05) is 6.92 Å². The van der Waals surface area contributed by atoms with Crippen LogP contribution in [-0.2, 0) is 0 Å². The maximum atomic E-state index is 12.5. The highest BCUT2D eigenvalue weighted by Gasteiger charge is 2.30. The summed E-state index contributed by atoms with van der Waals surface area (Å²) in [5, 5.41) is 11.9. The Hall–Kier alpha value is -1.50. The number of hydrogen-bond acceptors (Lipinski definition) is 4. The van der Waals surface area contributed by atoms with Gasteiger partial charge >= 0.3 is 6.18 Å². The smallest absolute Gasteiger partial charge is 0.395 e. The summed E-state index contributed by atoms with van der Waals surface area (Å²) in [6.07, 6.45) is -0.489. The number of aliphatic hydroxyl groups is 1. The topological polar surface area (TPSA) is 48.4 Å². The van der Waals surface area contributed by atoms with Crippen molar-refractivity contribution in [2.24, 2.45) is 0 Å². The van der Waals surface area contributed by atoms with Crippen molar-refractivity contribution in [2.45, 2.75) is 19.5 Å². The van der Waals surface area contributed by atoms with Crippen LogP contribution in [0, 0.1) is 0 Å². The standard InChI is InChI=1S/C12H18F3N3O/c1-2-3-17-10-6-11(8-16-7-10)18(4-5-19)9-12(13,14)15/h6-8,17,19H,2-5,9H2,1H3. The molecule has 2 N–H and O–H groups in total. The summed E-state index contributed by atoms with van der Waals surface area (Å²) < 4.78 is 37.4. The average molecular weight is 277 g/mol. The lowest BCUT2D eigenvalue weighted by Crippen LogP contribution is -2.36. The molecule has 1 aromatic heterocycles. The molecular formula is C12H18F3N3O. The monoisotopic (exact) mass is 277 g/mol. The van der Waals surface area contributed by atoms with Gasteiger partial charge in [-0.15, -0.1) is 0 Å². The molecule has 19 heavy (non-hydrogen) atoms. The molecule has 0 saturated carbocycles. The third-order valence-corrected chi connectivity index (χ3v) is 2.41. The van der Waals surface area contributed by atoms with Gasteiger partial charge < -0.3 is 15.3 Å². The molecule has 0 bridgehead atoms. The summed E-state index contributed by atoms with van der Waals surface area (Å²) in [6, 6.07) is 1.60. The molecule has 0 saturated heterocycles. The molecule has 0 atom stereocenters. The van der Waals surface area contributed by atoms with E-state index in [-0.39, 0.29) is 13.2 Å². The number of alkyl halides is 3. The van der Waals surface area contributed by atoms with E-state index >= 15 is 0 Å². The summed E-state index contributed by atoms with van der Waals surface area (Å²) in [5.41, 5.74) is 1.01. The van der Waals surface area contributed by atoms with Gasteiger partial charge in [-0.2, -0.15) is 13.2 Å². The van der Waals surface area contributed by atoms with Crippen molar-refractivity contribution in [2.75, 3.05) is 36.5 Å². The quantitative estimate of drug-likeness (QED) is 0.802. The zero-order chi connectivity index (χ0) is 14.3. The number of nitrogens with one attached hydrogen (secondary N) is 1. The van der Waals surface area contributed by atoms with E-state index in [1.165, 1.54) is 6.20 Å². The van der Waals surface area contributed by atoms with E-state index in [9.17, 15) is 13.2 Å². The molecule has 1 heterocycles. The lowest BCUT2D eigenvalue weighted by Gasteiger charge is -2.25. The predicted octanol–water partition coefficient (Wildman–Crippen LogP) is 2.26. The number of aromatic nitrogens is 1. The van der Waals surface area contributed by atoms with Crippen molar-refractivity contribution in [1.29, 1.82) is 0 Å². The van der Waals surface area contributed by atoms with Gasteiger partial charge in [0.05, 0.1) is 30.4 Å². The van der Waals surface area contributed by atoms with E-state index < -0.39 is 12.7 Å². The first-order valence-electron chi connectivity index (χ1n) is 6.07. The van der Waals surface area contributed by atoms with Gasteiger partial charge in [0.25, 0.3) is 0 Å². The molecule has 1 rings (SSSR count). The van der Waals surface area contributed by atoms with Crippen LogP contribution in [0.4, 0.5) is 24.5 Å². The Balaban J connectivity index is 2.83. The van der Waals surface area contributed by atoms with Gasteiger partial charge in [0, 0.05) is 13.1 Å². The molecular weight excluding hydrogens is 259 g/mol. The Kier molecular flexibility index (Phi) is 5.88. The summed E-state index contributed by atoms with van der Waals surface area (Å²) >= 11 is 0. The van der Waals surface area contributed by atoms with E-state index in [2.05, 4.69) is 10.3 Å². The largest absolute Gasteiger partial charge is 0.405 e. The van der Waals surface area contributed by atoms with Crippen LogP contribution in [0.5, 0.6) is 0 Å². The van der Waals surface area contributed by atoms with E-state index in [0.29, 0.717) is 11.4 Å². The molecule has 7 heteroatoms. The fourth-order valence-corrected chi connectivity index (χ4v) is 1.60. The molecule has 0 aliphatic carbocycles. The van der Waals surface area contributed by atoms with E-state index in [1.807, 2.05) is 6.92 Å². The highest BCUT2D eigenvalue weighted by molar-refractivity contribution is 5.55. The number of anilines is 2. The second-order valence-electron chi connectivity index (χ2n) is 4.12. The SMILES string of the molecule is CCCNc1cncc(N(CCO)CC(F)(F)F)c1. The molecule has 0 amide bonds. The third-order valence-electron chi connectivity index (χ3n) is 2.41. The van der Waals surface area contributed by atoms with E-state index in [4.69, 9.17) is 5.11 Å². The molecule has 0 radical (unpaired) electrons. The predicted molar refractivity (Wildman–Crippen MR) is 68.4 cm³/mol. The third kappa shape index (κ3) is 5.78. The van der Waals surface area contributed by atoms with Gasteiger partial charge in [-0.3, -0.25) is 4.98 Å². The van der Waals surface area contributed by atoms with Gasteiger partial charge in [0.15, 0.2) is 0 Å². The second kappa shape index (κ2) is 7.18. The number of nitrogens with zero attached hydrogens (tertiary/aromatic N) is 2. The molecule has 108 valence electrons. The van der Waals surface area contributed by atoms with Crippen LogP contribution in [-0.4, -0.2) is 42.5 Å². The van der Waals surface area contributed by atoms with Gasteiger partial charge in [0.1, 0.15) is 6.54 Å². The fourth-order valence-electron chi connectivity index (χ4n) is 1.60. The van der Waals surface area contributed by atoms with Crippen LogP contribution in [0.15, 0.2) is 18.5 Å². The Morgan fingerprint density at radius 1 is 1.37 bits per heavy atom. The van der Waals surface area contributed by atoms with Gasteiger partial charge in [0.2, 0.25) is 0 Å². The average Bonchev–Trinajstić information content (AvgIpc) is 2.35. The Morgan fingerprint density at radius 2 is 2.11 bits per heavy atom. The summed E-state index contributed by atoms with van der Waals surface area (Å²) in [6.45, 7) is 1.18. The van der Waals surface area contributed by atoms with Crippen molar-refractivity contribution in [3.05, 3.63) is 18.5 Å². The summed E-state index contributed by atoms with van der Waals surface area (Å²) in [4.78, 5) is 4.98. The van der Waals surface area contributed by atoms with E-state index in [0.717, 1.165) is 17.9 Å². The molecule has 4 nitrogen and oxygen atoms in total. The molecule has 0 spiro atoms. The highest BCUT2D eigenvalue weighted by Crippen LogP contribution is 2.23. The van der Waals surface area contributed by atoms with Crippen LogP contribution in [0.1, 0.15) is 13.3 Å². The number of halogens is 3. The molecule has 0 unspecified atom stereocenters. The van der Waals surface area contributed by atoms with Crippen molar-refractivity contribution in [3.8, 4) is 0 Å². The van der Waals surface area contributed by atoms with Crippen molar-refractivity contribution >= 4 is 11.4 Å². The summed E-state index contributed by atoms with van der Waals surface area (Å²) in [7, 11) is 0. The highest BCUT2D eigenvalue weighted by atomic mass is 19.4. The van der Waals surface area contributed by atoms with Gasteiger partial charge in [-0.25, -0.2) is 0 Å². The zero-order valence-corrected chi connectivity index (χ0v) is 10.7. The van der Waals surface area contributed by atoms with Crippen LogP contribution in [0.25, 0.3) is 0 Å². The first-order valence-corrected chi connectivity index (χ1v) is 6.07. The van der Waals surface area contributed by atoms with Crippen molar-refractivity contribution < 1.29 is 18.3 Å². The molecule has 0 aromatic carbocycles. The van der Waals surface area contributed by atoms with Crippen LogP contribution in [0.2, 0.25) is 0 Å².